The van der Waals surface area contributed by atoms with Gasteiger partial charge in [0.2, 0.25) is 0 Å². The van der Waals surface area contributed by atoms with Crippen molar-refractivity contribution in [3.63, 3.8) is 0 Å². The van der Waals surface area contributed by atoms with Crippen LogP contribution in [0.25, 0.3) is 22.3 Å². The van der Waals surface area contributed by atoms with Gasteiger partial charge >= 0.3 is 0 Å². The molecular weight excluding hydrogens is 558 g/mol. The highest BCUT2D eigenvalue weighted by Gasteiger charge is 2.19. The lowest BCUT2D eigenvalue weighted by Gasteiger charge is -2.17. The molecule has 7 nitrogen and oxygen atoms in total. The SMILES string of the molecule is CCOc1cc(C=Nn2c(-c3cc(C(C)C)c(OC)cc3C)nc3ccccc3c2=O)c(Br)cc1OC(C)C. The molecule has 39 heavy (non-hydrogen) atoms. The van der Waals surface area contributed by atoms with Crippen molar-refractivity contribution in [2.75, 3.05) is 13.7 Å². The average Bonchev–Trinajstić information content (AvgIpc) is 2.89. The fourth-order valence-corrected chi connectivity index (χ4v) is 4.78. The molecule has 0 radical (unpaired) electrons. The van der Waals surface area contributed by atoms with Crippen LogP contribution in [-0.2, 0) is 0 Å². The maximum absolute atomic E-state index is 13.8. The average molecular weight is 593 g/mol. The number of methoxy groups -OCH3 is 1. The first-order valence-electron chi connectivity index (χ1n) is 13.0. The van der Waals surface area contributed by atoms with Gasteiger partial charge in [0.1, 0.15) is 5.75 Å². The van der Waals surface area contributed by atoms with Gasteiger partial charge in [-0.05, 0) is 97.1 Å². The minimum absolute atomic E-state index is 0.0103. The van der Waals surface area contributed by atoms with E-state index in [-0.39, 0.29) is 17.6 Å². The minimum atomic E-state index is -0.255. The van der Waals surface area contributed by atoms with Gasteiger partial charge in [-0.25, -0.2) is 4.98 Å². The molecule has 0 fully saturated rings. The zero-order valence-corrected chi connectivity index (χ0v) is 25.0. The Morgan fingerprint density at radius 3 is 2.46 bits per heavy atom. The van der Waals surface area contributed by atoms with Crippen LogP contribution in [0, 0.1) is 6.92 Å². The van der Waals surface area contributed by atoms with Gasteiger partial charge in [0.25, 0.3) is 5.56 Å². The first-order valence-corrected chi connectivity index (χ1v) is 13.8. The van der Waals surface area contributed by atoms with E-state index in [1.807, 2.05) is 70.2 Å². The number of ether oxygens (including phenoxy) is 3. The summed E-state index contributed by atoms with van der Waals surface area (Å²) in [6, 6.07) is 15.0. The lowest BCUT2D eigenvalue weighted by molar-refractivity contribution is 0.223. The van der Waals surface area contributed by atoms with E-state index in [1.165, 1.54) is 4.68 Å². The molecule has 204 valence electrons. The number of benzene rings is 3. The van der Waals surface area contributed by atoms with Crippen molar-refractivity contribution in [1.29, 1.82) is 0 Å². The van der Waals surface area contributed by atoms with E-state index in [0.29, 0.717) is 34.8 Å². The zero-order chi connectivity index (χ0) is 28.3. The molecule has 0 saturated heterocycles. The van der Waals surface area contributed by atoms with Crippen LogP contribution in [0.4, 0.5) is 0 Å². The van der Waals surface area contributed by atoms with E-state index in [9.17, 15) is 4.79 Å². The van der Waals surface area contributed by atoms with Crippen LogP contribution in [0.1, 0.15) is 57.2 Å². The molecular formula is C31H34BrN3O4. The number of hydrogen-bond donors (Lipinski definition) is 0. The predicted octanol–water partition coefficient (Wildman–Crippen LogP) is 7.33. The van der Waals surface area contributed by atoms with E-state index < -0.39 is 0 Å². The number of aryl methyl sites for hydroxylation is 1. The molecule has 8 heteroatoms. The van der Waals surface area contributed by atoms with Crippen molar-refractivity contribution in [3.8, 4) is 28.6 Å². The van der Waals surface area contributed by atoms with Crippen LogP contribution in [0.3, 0.4) is 0 Å². The molecule has 1 aromatic heterocycles. The second-order valence-electron chi connectivity index (χ2n) is 9.80. The van der Waals surface area contributed by atoms with E-state index in [1.54, 1.807) is 19.4 Å². The standard InChI is InChI=1S/C31H34BrN3O4/c1-8-38-28-14-21(25(32)16-29(28)39-19(4)5)17-33-35-30(34-26-12-10-9-11-22(26)31(35)36)24-15-23(18(2)3)27(37-7)13-20(24)6/h9-19H,8H2,1-7H3. The fourth-order valence-electron chi connectivity index (χ4n) is 4.36. The third-order valence-electron chi connectivity index (χ3n) is 6.23. The number of halogens is 1. The second-order valence-corrected chi connectivity index (χ2v) is 10.7. The van der Waals surface area contributed by atoms with Gasteiger partial charge in [-0.1, -0.05) is 26.0 Å². The molecule has 4 aromatic rings. The van der Waals surface area contributed by atoms with Crippen LogP contribution < -0.4 is 19.8 Å². The van der Waals surface area contributed by atoms with Crippen LogP contribution in [-0.4, -0.2) is 35.7 Å². The van der Waals surface area contributed by atoms with E-state index in [0.717, 1.165) is 32.5 Å². The molecule has 4 rings (SSSR count). The topological polar surface area (TPSA) is 74.9 Å². The largest absolute Gasteiger partial charge is 0.496 e. The normalized spacial score (nSPS) is 11.6. The molecule has 0 spiro atoms. The molecule has 0 atom stereocenters. The van der Waals surface area contributed by atoms with Gasteiger partial charge in [-0.2, -0.15) is 9.78 Å². The lowest BCUT2D eigenvalue weighted by atomic mass is 9.96. The van der Waals surface area contributed by atoms with Gasteiger partial charge < -0.3 is 14.2 Å². The van der Waals surface area contributed by atoms with E-state index in [4.69, 9.17) is 19.2 Å². The number of aromatic nitrogens is 2. The number of fused-ring (bicyclic) bond motifs is 1. The van der Waals surface area contributed by atoms with Crippen molar-refractivity contribution in [2.45, 2.75) is 53.6 Å². The second kappa shape index (κ2) is 12.0. The van der Waals surface area contributed by atoms with Crippen molar-refractivity contribution in [2.24, 2.45) is 5.10 Å². The van der Waals surface area contributed by atoms with Crippen molar-refractivity contribution in [1.82, 2.24) is 9.66 Å². The number of hydrogen-bond acceptors (Lipinski definition) is 6. The third-order valence-corrected chi connectivity index (χ3v) is 6.92. The van der Waals surface area contributed by atoms with Gasteiger partial charge in [-0.15, -0.1) is 0 Å². The van der Waals surface area contributed by atoms with Gasteiger partial charge in [0.05, 0.1) is 36.9 Å². The Morgan fingerprint density at radius 2 is 1.79 bits per heavy atom. The molecule has 0 aliphatic carbocycles. The van der Waals surface area contributed by atoms with E-state index >= 15 is 0 Å². The van der Waals surface area contributed by atoms with Crippen LogP contribution in [0.15, 0.2) is 62.9 Å². The summed E-state index contributed by atoms with van der Waals surface area (Å²) in [6.45, 7) is 12.5. The minimum Gasteiger partial charge on any atom is -0.496 e. The summed E-state index contributed by atoms with van der Waals surface area (Å²) in [7, 11) is 1.67. The number of nitrogens with zero attached hydrogens (tertiary/aromatic N) is 3. The van der Waals surface area contributed by atoms with Crippen molar-refractivity contribution >= 4 is 33.0 Å². The highest BCUT2D eigenvalue weighted by Crippen LogP contribution is 2.35. The predicted molar refractivity (Wildman–Crippen MR) is 161 cm³/mol. The Hall–Kier alpha value is -3.65. The monoisotopic (exact) mass is 591 g/mol. The highest BCUT2D eigenvalue weighted by atomic mass is 79.9. The Bertz CT molecular complexity index is 1590. The van der Waals surface area contributed by atoms with Crippen LogP contribution >= 0.6 is 15.9 Å². The molecule has 0 bridgehead atoms. The smallest absolute Gasteiger partial charge is 0.282 e. The first kappa shape index (κ1) is 28.4. The maximum Gasteiger partial charge on any atom is 0.282 e. The van der Waals surface area contributed by atoms with Crippen LogP contribution in [0.2, 0.25) is 0 Å². The molecule has 0 saturated carbocycles. The summed E-state index contributed by atoms with van der Waals surface area (Å²) in [5.74, 6) is 2.71. The summed E-state index contributed by atoms with van der Waals surface area (Å²) in [5, 5.41) is 5.16. The Morgan fingerprint density at radius 1 is 1.05 bits per heavy atom. The van der Waals surface area contributed by atoms with Crippen LogP contribution in [0.5, 0.6) is 17.2 Å². The number of rotatable bonds is 9. The summed E-state index contributed by atoms with van der Waals surface area (Å²) in [6.07, 6.45) is 1.62. The van der Waals surface area contributed by atoms with Gasteiger partial charge in [-0.3, -0.25) is 4.79 Å². The molecule has 0 aliphatic rings. The van der Waals surface area contributed by atoms with Gasteiger partial charge in [0.15, 0.2) is 17.3 Å². The molecule has 0 N–H and O–H groups in total. The zero-order valence-electron chi connectivity index (χ0n) is 23.4. The molecule has 0 aliphatic heterocycles. The summed E-state index contributed by atoms with van der Waals surface area (Å²) in [4.78, 5) is 18.7. The third kappa shape index (κ3) is 6.01. The summed E-state index contributed by atoms with van der Waals surface area (Å²) in [5.41, 5.74) is 3.86. The summed E-state index contributed by atoms with van der Waals surface area (Å²) < 4.78 is 19.5. The molecule has 3 aromatic carbocycles. The number of para-hydroxylation sites is 1. The molecule has 1 heterocycles. The summed E-state index contributed by atoms with van der Waals surface area (Å²) >= 11 is 3.63. The Kier molecular flexibility index (Phi) is 8.75. The van der Waals surface area contributed by atoms with Crippen molar-refractivity contribution < 1.29 is 14.2 Å². The van der Waals surface area contributed by atoms with E-state index in [2.05, 4.69) is 34.9 Å². The molecule has 0 amide bonds. The first-order chi connectivity index (χ1) is 18.6. The lowest BCUT2D eigenvalue weighted by Crippen LogP contribution is -2.21. The Labute approximate surface area is 237 Å². The fraction of sp³-hybridized carbons (Fsp3) is 0.323. The highest BCUT2D eigenvalue weighted by molar-refractivity contribution is 9.10. The maximum atomic E-state index is 13.8. The molecule has 0 unspecified atom stereocenters. The quantitative estimate of drug-likeness (QED) is 0.190. The Balaban J connectivity index is 1.94. The van der Waals surface area contributed by atoms with Crippen molar-refractivity contribution in [3.05, 3.63) is 80.0 Å². The van der Waals surface area contributed by atoms with Gasteiger partial charge in [0, 0.05) is 15.6 Å².